The third kappa shape index (κ3) is 3.96. The first-order valence-electron chi connectivity index (χ1n) is 8.21. The molecule has 3 aromatic rings. The largest absolute Gasteiger partial charge is 0.461 e. The SMILES string of the molecule is CC(C)n1nccc1NC(=O)CCc1ccc(-c2ccccc2F)o1. The molecule has 0 unspecified atom stereocenters. The molecule has 0 atom stereocenters. The van der Waals surface area contributed by atoms with Crippen LogP contribution in [0.15, 0.2) is 53.1 Å². The predicted molar refractivity (Wildman–Crippen MR) is 93.7 cm³/mol. The van der Waals surface area contributed by atoms with Crippen molar-refractivity contribution in [2.24, 2.45) is 0 Å². The Balaban J connectivity index is 1.60. The number of carbonyl (C=O) groups is 1. The van der Waals surface area contributed by atoms with E-state index in [2.05, 4.69) is 10.4 Å². The predicted octanol–water partition coefficient (Wildman–Crippen LogP) is 4.43. The van der Waals surface area contributed by atoms with Gasteiger partial charge in [0.25, 0.3) is 0 Å². The summed E-state index contributed by atoms with van der Waals surface area (Å²) in [5, 5.41) is 7.03. The molecule has 0 spiro atoms. The van der Waals surface area contributed by atoms with Gasteiger partial charge in [0.05, 0.1) is 11.8 Å². The minimum atomic E-state index is -0.330. The van der Waals surface area contributed by atoms with Crippen LogP contribution >= 0.6 is 0 Å². The van der Waals surface area contributed by atoms with E-state index in [9.17, 15) is 9.18 Å². The number of nitrogens with zero attached hydrogens (tertiary/aromatic N) is 2. The van der Waals surface area contributed by atoms with Gasteiger partial charge < -0.3 is 9.73 Å². The summed E-state index contributed by atoms with van der Waals surface area (Å²) in [7, 11) is 0. The Bertz CT molecular complexity index is 867. The fourth-order valence-corrected chi connectivity index (χ4v) is 2.58. The number of anilines is 1. The Morgan fingerprint density at radius 1 is 1.24 bits per heavy atom. The molecule has 1 aromatic carbocycles. The van der Waals surface area contributed by atoms with E-state index in [1.54, 1.807) is 47.3 Å². The van der Waals surface area contributed by atoms with Crippen LogP contribution in [0.5, 0.6) is 0 Å². The van der Waals surface area contributed by atoms with E-state index in [0.29, 0.717) is 29.3 Å². The van der Waals surface area contributed by atoms with Crippen LogP contribution in [0, 0.1) is 5.82 Å². The fourth-order valence-electron chi connectivity index (χ4n) is 2.58. The maximum atomic E-state index is 13.8. The number of halogens is 1. The lowest BCUT2D eigenvalue weighted by atomic mass is 10.1. The van der Waals surface area contributed by atoms with Gasteiger partial charge >= 0.3 is 0 Å². The van der Waals surface area contributed by atoms with E-state index in [-0.39, 0.29) is 24.2 Å². The zero-order chi connectivity index (χ0) is 17.8. The molecule has 2 heterocycles. The minimum Gasteiger partial charge on any atom is -0.461 e. The second-order valence-electron chi connectivity index (χ2n) is 6.05. The van der Waals surface area contributed by atoms with Gasteiger partial charge in [-0.2, -0.15) is 5.10 Å². The van der Waals surface area contributed by atoms with Crippen molar-refractivity contribution < 1.29 is 13.6 Å². The first-order valence-corrected chi connectivity index (χ1v) is 8.21. The van der Waals surface area contributed by atoms with Crippen molar-refractivity contribution in [3.05, 3.63) is 60.2 Å². The number of aryl methyl sites for hydroxylation is 1. The molecule has 0 fully saturated rings. The second kappa shape index (κ2) is 7.34. The Morgan fingerprint density at radius 3 is 2.80 bits per heavy atom. The van der Waals surface area contributed by atoms with Crippen molar-refractivity contribution in [2.45, 2.75) is 32.7 Å². The van der Waals surface area contributed by atoms with Crippen molar-refractivity contribution in [3.8, 4) is 11.3 Å². The molecule has 130 valence electrons. The van der Waals surface area contributed by atoms with Crippen molar-refractivity contribution in [3.63, 3.8) is 0 Å². The summed E-state index contributed by atoms with van der Waals surface area (Å²) in [6, 6.07) is 11.9. The molecule has 3 rings (SSSR count). The number of hydrogen-bond donors (Lipinski definition) is 1. The van der Waals surface area contributed by atoms with Gasteiger partial charge in [-0.3, -0.25) is 4.79 Å². The molecule has 0 bridgehead atoms. The number of hydrogen-bond acceptors (Lipinski definition) is 3. The van der Waals surface area contributed by atoms with Crippen LogP contribution in [0.4, 0.5) is 10.2 Å². The highest BCUT2D eigenvalue weighted by molar-refractivity contribution is 5.89. The number of nitrogens with one attached hydrogen (secondary N) is 1. The lowest BCUT2D eigenvalue weighted by Crippen LogP contribution is -2.16. The molecule has 1 N–H and O–H groups in total. The van der Waals surface area contributed by atoms with Crippen LogP contribution in [0.2, 0.25) is 0 Å². The molecule has 1 amide bonds. The molecule has 0 aliphatic carbocycles. The quantitative estimate of drug-likeness (QED) is 0.721. The molecule has 6 heteroatoms. The zero-order valence-corrected chi connectivity index (χ0v) is 14.2. The van der Waals surface area contributed by atoms with E-state index in [0.717, 1.165) is 0 Å². The Labute approximate surface area is 145 Å². The van der Waals surface area contributed by atoms with Crippen molar-refractivity contribution in [1.82, 2.24) is 9.78 Å². The Morgan fingerprint density at radius 2 is 2.04 bits per heavy atom. The molecule has 2 aromatic heterocycles. The van der Waals surface area contributed by atoms with Crippen molar-refractivity contribution in [2.75, 3.05) is 5.32 Å². The molecule has 25 heavy (non-hydrogen) atoms. The summed E-state index contributed by atoms with van der Waals surface area (Å²) >= 11 is 0. The molecule has 0 aliphatic heterocycles. The highest BCUT2D eigenvalue weighted by Gasteiger charge is 2.12. The first kappa shape index (κ1) is 17.0. The molecular weight excluding hydrogens is 321 g/mol. The van der Waals surface area contributed by atoms with Gasteiger partial charge in [-0.05, 0) is 38.1 Å². The van der Waals surface area contributed by atoms with E-state index in [1.165, 1.54) is 6.07 Å². The van der Waals surface area contributed by atoms with Crippen LogP contribution in [-0.4, -0.2) is 15.7 Å². The lowest BCUT2D eigenvalue weighted by molar-refractivity contribution is -0.116. The summed E-state index contributed by atoms with van der Waals surface area (Å²) in [5.74, 6) is 1.33. The van der Waals surface area contributed by atoms with E-state index in [1.807, 2.05) is 13.8 Å². The monoisotopic (exact) mass is 341 g/mol. The maximum absolute atomic E-state index is 13.8. The van der Waals surface area contributed by atoms with Crippen molar-refractivity contribution >= 4 is 11.7 Å². The molecule has 0 saturated heterocycles. The smallest absolute Gasteiger partial charge is 0.225 e. The van der Waals surface area contributed by atoms with E-state index >= 15 is 0 Å². The summed E-state index contributed by atoms with van der Waals surface area (Å²) in [6.07, 6.45) is 2.37. The molecule has 5 nitrogen and oxygen atoms in total. The maximum Gasteiger partial charge on any atom is 0.225 e. The van der Waals surface area contributed by atoms with Crippen molar-refractivity contribution in [1.29, 1.82) is 0 Å². The van der Waals surface area contributed by atoms with Gasteiger partial charge in [0.1, 0.15) is 23.2 Å². The molecule has 0 aliphatic rings. The number of aromatic nitrogens is 2. The summed E-state index contributed by atoms with van der Waals surface area (Å²) in [5.41, 5.74) is 0.416. The lowest BCUT2D eigenvalue weighted by Gasteiger charge is -2.11. The minimum absolute atomic E-state index is 0.119. The highest BCUT2D eigenvalue weighted by atomic mass is 19.1. The number of rotatable bonds is 6. The van der Waals surface area contributed by atoms with Crippen LogP contribution < -0.4 is 5.32 Å². The average molecular weight is 341 g/mol. The van der Waals surface area contributed by atoms with E-state index in [4.69, 9.17) is 4.42 Å². The number of amides is 1. The fraction of sp³-hybridized carbons (Fsp3) is 0.263. The van der Waals surface area contributed by atoms with Gasteiger partial charge in [0, 0.05) is 24.9 Å². The zero-order valence-electron chi connectivity index (χ0n) is 14.2. The Kier molecular flexibility index (Phi) is 4.97. The number of carbonyl (C=O) groups excluding carboxylic acids is 1. The standard InChI is InChI=1S/C19H20FN3O2/c1-13(2)23-18(11-12-21-23)22-19(24)10-8-14-7-9-17(25-14)15-5-3-4-6-16(15)20/h3-7,9,11-13H,8,10H2,1-2H3,(H,22,24). The van der Waals surface area contributed by atoms with Crippen LogP contribution in [-0.2, 0) is 11.2 Å². The summed E-state index contributed by atoms with van der Waals surface area (Å²) in [6.45, 7) is 3.99. The average Bonchev–Trinajstić information content (AvgIpc) is 3.22. The normalized spacial score (nSPS) is 11.0. The van der Waals surface area contributed by atoms with Gasteiger partial charge in [0.15, 0.2) is 0 Å². The number of furan rings is 1. The highest BCUT2D eigenvalue weighted by Crippen LogP contribution is 2.25. The molecule has 0 radical (unpaired) electrons. The van der Waals surface area contributed by atoms with E-state index < -0.39 is 0 Å². The van der Waals surface area contributed by atoms with Gasteiger partial charge in [-0.1, -0.05) is 12.1 Å². The van der Waals surface area contributed by atoms with Crippen LogP contribution in [0.25, 0.3) is 11.3 Å². The number of benzene rings is 1. The third-order valence-electron chi connectivity index (χ3n) is 3.83. The third-order valence-corrected chi connectivity index (χ3v) is 3.83. The van der Waals surface area contributed by atoms with Crippen LogP contribution in [0.3, 0.4) is 0 Å². The Hall–Kier alpha value is -2.89. The molecule has 0 saturated carbocycles. The second-order valence-corrected chi connectivity index (χ2v) is 6.05. The molecular formula is C19H20FN3O2. The summed E-state index contributed by atoms with van der Waals surface area (Å²) < 4.78 is 21.2. The van der Waals surface area contributed by atoms with Gasteiger partial charge in [-0.15, -0.1) is 0 Å². The van der Waals surface area contributed by atoms with Gasteiger partial charge in [-0.25, -0.2) is 9.07 Å². The van der Waals surface area contributed by atoms with Crippen LogP contribution in [0.1, 0.15) is 32.1 Å². The van der Waals surface area contributed by atoms with Gasteiger partial charge in [0.2, 0.25) is 5.91 Å². The topological polar surface area (TPSA) is 60.1 Å². The summed E-state index contributed by atoms with van der Waals surface area (Å²) in [4.78, 5) is 12.1. The first-order chi connectivity index (χ1) is 12.0.